The first-order chi connectivity index (χ1) is 11.1. The maximum Gasteiger partial charge on any atom is 0.287 e. The molecule has 2 aromatic heterocycles. The molecule has 23 heavy (non-hydrogen) atoms. The molecular weight excluding hydrogens is 318 g/mol. The molecule has 0 spiro atoms. The van der Waals surface area contributed by atoms with E-state index in [-0.39, 0.29) is 10.9 Å². The largest absolute Gasteiger partial charge is 0.371 e. The van der Waals surface area contributed by atoms with Crippen LogP contribution in [0.4, 0.5) is 11.4 Å². The van der Waals surface area contributed by atoms with Crippen molar-refractivity contribution >= 4 is 28.9 Å². The summed E-state index contributed by atoms with van der Waals surface area (Å²) in [4.78, 5) is 30.2. The molecule has 1 N–H and O–H groups in total. The number of nitrogens with zero attached hydrogens (tertiary/aromatic N) is 4. The number of rotatable bonds is 3. The van der Waals surface area contributed by atoms with E-state index in [1.54, 1.807) is 23.4 Å². The number of halogens is 1. The van der Waals surface area contributed by atoms with Crippen molar-refractivity contribution in [2.75, 3.05) is 16.8 Å². The van der Waals surface area contributed by atoms with Gasteiger partial charge in [0, 0.05) is 19.8 Å². The molecule has 7 nitrogen and oxygen atoms in total. The summed E-state index contributed by atoms with van der Waals surface area (Å²) in [5.41, 5.74) is 0.738. The maximum atomic E-state index is 12.7. The highest BCUT2D eigenvalue weighted by Crippen LogP contribution is 2.24. The average molecular weight is 334 g/mol. The van der Waals surface area contributed by atoms with Crippen molar-refractivity contribution in [1.82, 2.24) is 14.8 Å². The molecule has 1 atom stereocenters. The lowest BCUT2D eigenvalue weighted by Crippen LogP contribution is -2.48. The third kappa shape index (κ3) is 3.05. The Kier molecular flexibility index (Phi) is 4.29. The SMILES string of the molecule is Cn1ncc(NC2CCCN(c3cccnc3)C2=O)c(Cl)c1=O. The molecule has 2 aromatic rings. The van der Waals surface area contributed by atoms with E-state index in [1.807, 2.05) is 6.07 Å². The van der Waals surface area contributed by atoms with Crippen molar-refractivity contribution in [1.29, 1.82) is 0 Å². The van der Waals surface area contributed by atoms with Gasteiger partial charge in [0.2, 0.25) is 5.91 Å². The van der Waals surface area contributed by atoms with Crippen LogP contribution in [-0.4, -0.2) is 33.3 Å². The third-order valence-corrected chi connectivity index (χ3v) is 4.17. The number of aromatic nitrogens is 3. The fourth-order valence-electron chi connectivity index (χ4n) is 2.58. The van der Waals surface area contributed by atoms with Crippen LogP contribution in [0.5, 0.6) is 0 Å². The molecule has 0 saturated carbocycles. The highest BCUT2D eigenvalue weighted by Gasteiger charge is 2.30. The monoisotopic (exact) mass is 333 g/mol. The van der Waals surface area contributed by atoms with Gasteiger partial charge in [-0.15, -0.1) is 0 Å². The minimum atomic E-state index is -0.449. The van der Waals surface area contributed by atoms with Gasteiger partial charge in [-0.3, -0.25) is 14.6 Å². The second-order valence-corrected chi connectivity index (χ2v) is 5.72. The molecule has 1 saturated heterocycles. The van der Waals surface area contributed by atoms with Crippen molar-refractivity contribution in [2.45, 2.75) is 18.9 Å². The topological polar surface area (TPSA) is 80.1 Å². The van der Waals surface area contributed by atoms with Gasteiger partial charge in [0.1, 0.15) is 11.1 Å². The molecular formula is C15H16ClN5O2. The van der Waals surface area contributed by atoms with E-state index in [9.17, 15) is 9.59 Å². The van der Waals surface area contributed by atoms with Gasteiger partial charge in [0.15, 0.2) is 0 Å². The molecule has 1 aliphatic rings. The van der Waals surface area contributed by atoms with E-state index in [4.69, 9.17) is 11.6 Å². The van der Waals surface area contributed by atoms with Crippen molar-refractivity contribution in [3.8, 4) is 0 Å². The van der Waals surface area contributed by atoms with Crippen LogP contribution in [0.25, 0.3) is 0 Å². The highest BCUT2D eigenvalue weighted by atomic mass is 35.5. The molecule has 3 rings (SSSR count). The van der Waals surface area contributed by atoms with Gasteiger partial charge in [-0.05, 0) is 25.0 Å². The van der Waals surface area contributed by atoms with Crippen LogP contribution in [0, 0.1) is 0 Å². The summed E-state index contributed by atoms with van der Waals surface area (Å²) in [6.45, 7) is 0.644. The quantitative estimate of drug-likeness (QED) is 0.919. The van der Waals surface area contributed by atoms with Crippen molar-refractivity contribution in [2.24, 2.45) is 7.05 Å². The number of hydrogen-bond acceptors (Lipinski definition) is 5. The Morgan fingerprint density at radius 3 is 2.91 bits per heavy atom. The number of nitrogens with one attached hydrogen (secondary N) is 1. The predicted octanol–water partition coefficient (Wildman–Crippen LogP) is 1.44. The Morgan fingerprint density at radius 1 is 1.35 bits per heavy atom. The number of carbonyl (C=O) groups is 1. The van der Waals surface area contributed by atoms with Gasteiger partial charge in [-0.1, -0.05) is 11.6 Å². The first kappa shape index (κ1) is 15.5. The van der Waals surface area contributed by atoms with Crippen molar-refractivity contribution in [3.63, 3.8) is 0 Å². The Balaban J connectivity index is 1.82. The third-order valence-electron chi connectivity index (χ3n) is 3.80. The lowest BCUT2D eigenvalue weighted by Gasteiger charge is -2.33. The zero-order valence-corrected chi connectivity index (χ0v) is 13.3. The van der Waals surface area contributed by atoms with Crippen LogP contribution >= 0.6 is 11.6 Å². The molecule has 1 fully saturated rings. The number of aryl methyl sites for hydroxylation is 1. The molecule has 3 heterocycles. The van der Waals surface area contributed by atoms with Gasteiger partial charge in [-0.25, -0.2) is 4.68 Å². The predicted molar refractivity (Wildman–Crippen MR) is 87.7 cm³/mol. The van der Waals surface area contributed by atoms with Gasteiger partial charge in [0.05, 0.1) is 23.8 Å². The molecule has 0 bridgehead atoms. The molecule has 1 amide bonds. The smallest absolute Gasteiger partial charge is 0.287 e. The average Bonchev–Trinajstić information content (AvgIpc) is 2.58. The maximum absolute atomic E-state index is 12.7. The molecule has 120 valence electrons. The van der Waals surface area contributed by atoms with Crippen LogP contribution in [-0.2, 0) is 11.8 Å². The summed E-state index contributed by atoms with van der Waals surface area (Å²) in [6, 6.07) is 3.19. The van der Waals surface area contributed by atoms with Crippen LogP contribution < -0.4 is 15.8 Å². The fraction of sp³-hybridized carbons (Fsp3) is 0.333. The number of carbonyl (C=O) groups excluding carboxylic acids is 1. The second kappa shape index (κ2) is 6.37. The molecule has 0 aliphatic carbocycles. The number of piperidine rings is 1. The molecule has 1 unspecified atom stereocenters. The lowest BCUT2D eigenvalue weighted by atomic mass is 10.0. The standard InChI is InChI=1S/C15H16ClN5O2/c1-20-15(23)13(16)12(9-18-20)19-11-5-3-7-21(14(11)22)10-4-2-6-17-8-10/h2,4,6,8-9,11,19H,3,5,7H2,1H3. The molecule has 1 aliphatic heterocycles. The number of anilines is 2. The summed E-state index contributed by atoms with van der Waals surface area (Å²) in [5.74, 6) is -0.0685. The zero-order chi connectivity index (χ0) is 16.4. The van der Waals surface area contributed by atoms with Crippen LogP contribution in [0.15, 0.2) is 35.5 Å². The van der Waals surface area contributed by atoms with Gasteiger partial charge in [0.25, 0.3) is 5.56 Å². The molecule has 0 radical (unpaired) electrons. The molecule has 0 aromatic carbocycles. The van der Waals surface area contributed by atoms with Crippen LogP contribution in [0.1, 0.15) is 12.8 Å². The Hall–Kier alpha value is -2.41. The summed E-state index contributed by atoms with van der Waals surface area (Å²) < 4.78 is 1.15. The minimum absolute atomic E-state index is 0.0359. The number of amides is 1. The van der Waals surface area contributed by atoms with E-state index in [0.29, 0.717) is 18.7 Å². The Labute approximate surface area is 137 Å². The van der Waals surface area contributed by atoms with E-state index in [1.165, 1.54) is 13.2 Å². The van der Waals surface area contributed by atoms with Crippen molar-refractivity contribution < 1.29 is 4.79 Å². The number of hydrogen-bond donors (Lipinski definition) is 1. The van der Waals surface area contributed by atoms with Crippen molar-refractivity contribution in [3.05, 3.63) is 46.1 Å². The number of pyridine rings is 1. The van der Waals surface area contributed by atoms with Gasteiger partial charge in [-0.2, -0.15) is 5.10 Å². The van der Waals surface area contributed by atoms with E-state index in [0.717, 1.165) is 16.8 Å². The first-order valence-corrected chi connectivity index (χ1v) is 7.65. The lowest BCUT2D eigenvalue weighted by molar-refractivity contribution is -0.120. The van der Waals surface area contributed by atoms with E-state index >= 15 is 0 Å². The van der Waals surface area contributed by atoms with Crippen LogP contribution in [0.2, 0.25) is 5.02 Å². The second-order valence-electron chi connectivity index (χ2n) is 5.34. The summed E-state index contributed by atoms with van der Waals surface area (Å²) in [5, 5.41) is 7.01. The Morgan fingerprint density at radius 2 is 2.17 bits per heavy atom. The zero-order valence-electron chi connectivity index (χ0n) is 12.6. The summed E-state index contributed by atoms with van der Waals surface area (Å²) in [7, 11) is 1.52. The van der Waals surface area contributed by atoms with Gasteiger partial charge >= 0.3 is 0 Å². The van der Waals surface area contributed by atoms with Gasteiger partial charge < -0.3 is 10.2 Å². The first-order valence-electron chi connectivity index (χ1n) is 7.27. The fourth-order valence-corrected chi connectivity index (χ4v) is 2.80. The van der Waals surface area contributed by atoms with Crippen LogP contribution in [0.3, 0.4) is 0 Å². The minimum Gasteiger partial charge on any atom is -0.371 e. The van der Waals surface area contributed by atoms with E-state index < -0.39 is 11.6 Å². The van der Waals surface area contributed by atoms with E-state index in [2.05, 4.69) is 15.4 Å². The normalized spacial score (nSPS) is 18.1. The highest BCUT2D eigenvalue weighted by molar-refractivity contribution is 6.33. The summed E-state index contributed by atoms with van der Waals surface area (Å²) in [6.07, 6.45) is 6.29. The Bertz CT molecular complexity index is 777. The summed E-state index contributed by atoms with van der Waals surface area (Å²) >= 11 is 6.05. The molecule has 8 heteroatoms.